The minimum absolute atomic E-state index is 0.118. The van der Waals surface area contributed by atoms with Crippen LogP contribution >= 0.6 is 11.8 Å². The van der Waals surface area contributed by atoms with Crippen LogP contribution in [-0.2, 0) is 0 Å². The molecule has 0 amide bonds. The topological polar surface area (TPSA) is 26.3 Å². The van der Waals surface area contributed by atoms with Gasteiger partial charge in [0.15, 0.2) is 0 Å². The Bertz CT molecular complexity index is 803. The quantitative estimate of drug-likeness (QED) is 0.702. The van der Waals surface area contributed by atoms with E-state index < -0.39 is 0 Å². The zero-order valence-electron chi connectivity index (χ0n) is 13.8. The van der Waals surface area contributed by atoms with E-state index in [0.717, 1.165) is 37.8 Å². The molecular weight excluding hydrogens is 304 g/mol. The molecule has 1 aliphatic heterocycles. The normalized spacial score (nSPS) is 15.3. The lowest BCUT2D eigenvalue weighted by molar-refractivity contribution is 0.104. The summed E-state index contributed by atoms with van der Waals surface area (Å²) in [4.78, 5) is 14.4. The van der Waals surface area contributed by atoms with E-state index in [1.165, 1.54) is 0 Å². The summed E-state index contributed by atoms with van der Waals surface area (Å²) >= 11 is 1.55. The Morgan fingerprint density at radius 1 is 1.17 bits per heavy atom. The number of aryl methyl sites for hydroxylation is 1. The van der Waals surface area contributed by atoms with Gasteiger partial charge >= 0.3 is 0 Å². The van der Waals surface area contributed by atoms with Crippen molar-refractivity contribution in [2.24, 2.45) is 0 Å². The summed E-state index contributed by atoms with van der Waals surface area (Å²) in [6, 6.07) is 12.0. The van der Waals surface area contributed by atoms with Crippen molar-refractivity contribution < 1.29 is 9.53 Å². The first kappa shape index (κ1) is 15.9. The monoisotopic (exact) mass is 324 g/mol. The number of carbonyl (C=O) groups excluding carboxylic acids is 1. The summed E-state index contributed by atoms with van der Waals surface area (Å²) in [7, 11) is 1.70. The van der Waals surface area contributed by atoms with Crippen LogP contribution in [0, 0.1) is 6.92 Å². The van der Waals surface area contributed by atoms with Crippen LogP contribution in [-0.4, -0.2) is 12.9 Å². The number of thioether (sulfide) groups is 1. The standard InChI is InChI=1S/C20H20O2S/c1-12(2)16-10-14(13(3)9-17(16)22-4)11-19-20(21)15-7-5-6-8-18(15)23-19/h5-12H,1-4H3/b19-11-. The lowest BCUT2D eigenvalue weighted by atomic mass is 9.96. The first-order chi connectivity index (χ1) is 11.0. The van der Waals surface area contributed by atoms with Gasteiger partial charge in [-0.1, -0.05) is 37.7 Å². The van der Waals surface area contributed by atoms with Crippen molar-refractivity contribution >= 4 is 23.6 Å². The van der Waals surface area contributed by atoms with E-state index in [-0.39, 0.29) is 5.78 Å². The van der Waals surface area contributed by atoms with Crippen molar-refractivity contribution in [1.29, 1.82) is 0 Å². The van der Waals surface area contributed by atoms with Gasteiger partial charge in [-0.3, -0.25) is 4.79 Å². The molecule has 23 heavy (non-hydrogen) atoms. The lowest BCUT2D eigenvalue weighted by Gasteiger charge is -2.15. The van der Waals surface area contributed by atoms with Crippen LogP contribution in [0.4, 0.5) is 0 Å². The highest BCUT2D eigenvalue weighted by Gasteiger charge is 2.25. The molecular formula is C20H20O2S. The predicted molar refractivity (Wildman–Crippen MR) is 96.4 cm³/mol. The lowest BCUT2D eigenvalue weighted by Crippen LogP contribution is -1.98. The van der Waals surface area contributed by atoms with E-state index in [1.54, 1.807) is 18.9 Å². The molecule has 1 aliphatic rings. The van der Waals surface area contributed by atoms with Crippen molar-refractivity contribution in [2.75, 3.05) is 7.11 Å². The molecule has 0 radical (unpaired) electrons. The van der Waals surface area contributed by atoms with Gasteiger partial charge in [-0.2, -0.15) is 0 Å². The van der Waals surface area contributed by atoms with Crippen LogP contribution in [0.2, 0.25) is 0 Å². The highest BCUT2D eigenvalue weighted by molar-refractivity contribution is 8.04. The zero-order chi connectivity index (χ0) is 16.6. The number of fused-ring (bicyclic) bond motifs is 1. The third kappa shape index (κ3) is 2.93. The molecule has 0 spiro atoms. The smallest absolute Gasteiger partial charge is 0.200 e. The van der Waals surface area contributed by atoms with Crippen molar-refractivity contribution in [3.05, 3.63) is 63.6 Å². The molecule has 0 unspecified atom stereocenters. The summed E-state index contributed by atoms with van der Waals surface area (Å²) in [5, 5.41) is 0. The average molecular weight is 324 g/mol. The van der Waals surface area contributed by atoms with Crippen molar-refractivity contribution in [1.82, 2.24) is 0 Å². The van der Waals surface area contributed by atoms with Crippen LogP contribution in [0.25, 0.3) is 6.08 Å². The largest absolute Gasteiger partial charge is 0.496 e. The van der Waals surface area contributed by atoms with E-state index in [2.05, 4.69) is 32.9 Å². The van der Waals surface area contributed by atoms with E-state index >= 15 is 0 Å². The van der Waals surface area contributed by atoms with Crippen molar-refractivity contribution in [2.45, 2.75) is 31.6 Å². The van der Waals surface area contributed by atoms with Gasteiger partial charge in [-0.05, 0) is 59.9 Å². The van der Waals surface area contributed by atoms with Crippen molar-refractivity contribution in [3.8, 4) is 5.75 Å². The molecule has 0 atom stereocenters. The second-order valence-corrected chi connectivity index (χ2v) is 7.13. The maximum absolute atomic E-state index is 12.5. The molecule has 0 fully saturated rings. The number of rotatable bonds is 3. The molecule has 3 rings (SSSR count). The minimum atomic E-state index is 0.118. The SMILES string of the molecule is COc1cc(C)c(/C=C2\Sc3ccccc3C2=O)cc1C(C)C. The Labute approximate surface area is 141 Å². The number of ketones is 1. The number of carbonyl (C=O) groups is 1. The maximum Gasteiger partial charge on any atom is 0.200 e. The Morgan fingerprint density at radius 2 is 1.91 bits per heavy atom. The summed E-state index contributed by atoms with van der Waals surface area (Å²) in [6.07, 6.45) is 2.01. The highest BCUT2D eigenvalue weighted by Crippen LogP contribution is 2.41. The zero-order valence-corrected chi connectivity index (χ0v) is 14.7. The maximum atomic E-state index is 12.5. The second kappa shape index (κ2) is 6.25. The van der Waals surface area contributed by atoms with Gasteiger partial charge in [0.2, 0.25) is 5.78 Å². The Morgan fingerprint density at radius 3 is 2.57 bits per heavy atom. The Hall–Kier alpha value is -2.00. The van der Waals surface area contributed by atoms with Crippen LogP contribution in [0.1, 0.15) is 46.8 Å². The molecule has 0 aromatic heterocycles. The Kier molecular flexibility index (Phi) is 4.31. The molecule has 0 bridgehead atoms. The number of hydrogen-bond acceptors (Lipinski definition) is 3. The van der Waals surface area contributed by atoms with E-state index in [1.807, 2.05) is 30.3 Å². The molecule has 0 saturated heterocycles. The van der Waals surface area contributed by atoms with Gasteiger partial charge in [0, 0.05) is 10.5 Å². The number of allylic oxidation sites excluding steroid dienone is 1. The fraction of sp³-hybridized carbons (Fsp3) is 0.250. The van der Waals surface area contributed by atoms with Crippen LogP contribution in [0.5, 0.6) is 5.75 Å². The molecule has 2 nitrogen and oxygen atoms in total. The van der Waals surface area contributed by atoms with Gasteiger partial charge < -0.3 is 4.74 Å². The fourth-order valence-electron chi connectivity index (χ4n) is 2.78. The molecule has 0 saturated carbocycles. The third-order valence-corrected chi connectivity index (χ3v) is 5.20. The van der Waals surface area contributed by atoms with Gasteiger partial charge in [-0.25, -0.2) is 0 Å². The average Bonchev–Trinajstić information content (AvgIpc) is 2.85. The predicted octanol–water partition coefficient (Wildman–Crippen LogP) is 5.46. The molecule has 1 heterocycles. The summed E-state index contributed by atoms with van der Waals surface area (Å²) < 4.78 is 5.49. The highest BCUT2D eigenvalue weighted by atomic mass is 32.2. The van der Waals surface area contributed by atoms with Gasteiger partial charge in [0.25, 0.3) is 0 Å². The minimum Gasteiger partial charge on any atom is -0.496 e. The summed E-state index contributed by atoms with van der Waals surface area (Å²) in [5.74, 6) is 1.40. The second-order valence-electron chi connectivity index (χ2n) is 6.04. The van der Waals surface area contributed by atoms with Gasteiger partial charge in [0.05, 0.1) is 12.0 Å². The number of Topliss-reactive ketones (excluding diaryl/α,β-unsaturated/α-hetero) is 1. The van der Waals surface area contributed by atoms with E-state index in [4.69, 9.17) is 4.74 Å². The Balaban J connectivity index is 2.04. The molecule has 2 aromatic rings. The number of hydrogen-bond donors (Lipinski definition) is 0. The number of ether oxygens (including phenoxy) is 1. The molecule has 0 aliphatic carbocycles. The van der Waals surface area contributed by atoms with Crippen LogP contribution in [0.15, 0.2) is 46.2 Å². The van der Waals surface area contributed by atoms with E-state index in [9.17, 15) is 4.79 Å². The van der Waals surface area contributed by atoms with Crippen LogP contribution in [0.3, 0.4) is 0 Å². The molecule has 0 N–H and O–H groups in total. The summed E-state index contributed by atoms with van der Waals surface area (Å²) in [6.45, 7) is 6.35. The molecule has 118 valence electrons. The van der Waals surface area contributed by atoms with Gasteiger partial charge in [-0.15, -0.1) is 0 Å². The van der Waals surface area contributed by atoms with Crippen LogP contribution < -0.4 is 4.74 Å². The van der Waals surface area contributed by atoms with E-state index in [0.29, 0.717) is 5.92 Å². The number of methoxy groups -OCH3 is 1. The van der Waals surface area contributed by atoms with Gasteiger partial charge in [0.1, 0.15) is 5.75 Å². The number of benzene rings is 2. The first-order valence-corrected chi connectivity index (χ1v) is 8.54. The fourth-order valence-corrected chi connectivity index (χ4v) is 3.82. The summed E-state index contributed by atoms with van der Waals surface area (Å²) in [5.41, 5.74) is 4.16. The van der Waals surface area contributed by atoms with Crippen molar-refractivity contribution in [3.63, 3.8) is 0 Å². The third-order valence-electron chi connectivity index (χ3n) is 4.10. The first-order valence-electron chi connectivity index (χ1n) is 7.73. The molecule has 3 heteroatoms. The molecule has 2 aromatic carbocycles.